The van der Waals surface area contributed by atoms with Gasteiger partial charge in [0.25, 0.3) is 0 Å². The van der Waals surface area contributed by atoms with E-state index in [1.165, 1.54) is 6.07 Å². The van der Waals surface area contributed by atoms with Crippen LogP contribution in [-0.4, -0.2) is 57.1 Å². The van der Waals surface area contributed by atoms with Crippen LogP contribution < -0.4 is 15.5 Å². The van der Waals surface area contributed by atoms with Gasteiger partial charge in [0.1, 0.15) is 5.82 Å². The van der Waals surface area contributed by atoms with E-state index in [1.54, 1.807) is 6.07 Å². The van der Waals surface area contributed by atoms with E-state index >= 15 is 0 Å². The van der Waals surface area contributed by atoms with Crippen molar-refractivity contribution in [3.05, 3.63) is 29.6 Å². The van der Waals surface area contributed by atoms with Crippen LogP contribution in [0.1, 0.15) is 44.2 Å². The van der Waals surface area contributed by atoms with Gasteiger partial charge in [-0.3, -0.25) is 4.79 Å². The molecule has 1 aromatic rings. The molecular weight excluding hydrogens is 450 g/mol. The second kappa shape index (κ2) is 14.3. The molecule has 9 heteroatoms. The third-order valence-electron chi connectivity index (χ3n) is 5.92. The Bertz CT molecular complexity index is 639. The Hall–Kier alpha value is -0.790. The quantitative estimate of drug-likeness (QED) is 0.643. The molecule has 0 aromatic heterocycles. The summed E-state index contributed by atoms with van der Waals surface area (Å²) in [6, 6.07) is 4.75. The lowest BCUT2D eigenvalue weighted by Crippen LogP contribution is -2.45. The molecule has 0 saturated carbocycles. The van der Waals surface area contributed by atoms with Gasteiger partial charge in [-0.15, -0.1) is 37.2 Å². The van der Waals surface area contributed by atoms with E-state index in [0.717, 1.165) is 69.8 Å². The Kier molecular flexibility index (Phi) is 13.9. The van der Waals surface area contributed by atoms with E-state index in [9.17, 15) is 9.18 Å². The zero-order valence-electron chi connectivity index (χ0n) is 17.9. The third-order valence-corrected chi connectivity index (χ3v) is 5.92. The maximum absolute atomic E-state index is 13.9. The molecule has 1 aromatic carbocycles. The Labute approximate surface area is 198 Å². The average molecular weight is 486 g/mol. The zero-order valence-corrected chi connectivity index (χ0v) is 20.3. The lowest BCUT2D eigenvalue weighted by Gasteiger charge is -2.36. The Morgan fingerprint density at radius 3 is 2.43 bits per heavy atom. The third kappa shape index (κ3) is 8.39. The van der Waals surface area contributed by atoms with Gasteiger partial charge in [0.2, 0.25) is 5.91 Å². The summed E-state index contributed by atoms with van der Waals surface area (Å²) in [5.41, 5.74) is 1.91. The second-order valence-electron chi connectivity index (χ2n) is 8.01. The standard InChI is InChI=1S/C21H33FN4O.3ClH/c1-16(24-21(27)6-3-17-7-9-23-10-8-17)19-15-18(22)4-5-20(19)26-13-11-25(2)12-14-26;;;/h4-5,15-17,23H,3,6-14H2,1-2H3,(H,24,27);3*1H. The van der Waals surface area contributed by atoms with E-state index in [2.05, 4.69) is 27.5 Å². The Morgan fingerprint density at radius 2 is 1.80 bits per heavy atom. The number of amides is 1. The van der Waals surface area contributed by atoms with Gasteiger partial charge >= 0.3 is 0 Å². The van der Waals surface area contributed by atoms with Crippen molar-refractivity contribution in [3.8, 4) is 0 Å². The average Bonchev–Trinajstić information content (AvgIpc) is 2.68. The van der Waals surface area contributed by atoms with Crippen LogP contribution in [0.15, 0.2) is 18.2 Å². The summed E-state index contributed by atoms with van der Waals surface area (Å²) in [6.07, 6.45) is 3.80. The van der Waals surface area contributed by atoms with Crippen molar-refractivity contribution in [3.63, 3.8) is 0 Å². The van der Waals surface area contributed by atoms with Crippen LogP contribution in [0, 0.1) is 11.7 Å². The fraction of sp³-hybridized carbons (Fsp3) is 0.667. The summed E-state index contributed by atoms with van der Waals surface area (Å²) in [7, 11) is 2.12. The lowest BCUT2D eigenvalue weighted by atomic mass is 9.93. The highest BCUT2D eigenvalue weighted by molar-refractivity contribution is 5.86. The summed E-state index contributed by atoms with van der Waals surface area (Å²) in [5.74, 6) is 0.454. The van der Waals surface area contributed by atoms with Crippen molar-refractivity contribution in [1.82, 2.24) is 15.5 Å². The minimum Gasteiger partial charge on any atom is -0.369 e. The molecule has 0 aliphatic carbocycles. The molecule has 1 atom stereocenters. The van der Waals surface area contributed by atoms with Gasteiger partial charge in [0.15, 0.2) is 0 Å². The van der Waals surface area contributed by atoms with Crippen LogP contribution in [0.25, 0.3) is 0 Å². The molecule has 2 N–H and O–H groups in total. The number of halogens is 4. The van der Waals surface area contributed by atoms with Crippen LogP contribution in [0.5, 0.6) is 0 Å². The first-order chi connectivity index (χ1) is 13.0. The van der Waals surface area contributed by atoms with Crippen LogP contribution >= 0.6 is 37.2 Å². The van der Waals surface area contributed by atoms with Crippen LogP contribution in [0.2, 0.25) is 0 Å². The number of piperazine rings is 1. The van der Waals surface area contributed by atoms with Crippen LogP contribution in [-0.2, 0) is 4.79 Å². The van der Waals surface area contributed by atoms with Gasteiger partial charge in [-0.1, -0.05) is 0 Å². The maximum Gasteiger partial charge on any atom is 0.220 e. The zero-order chi connectivity index (χ0) is 19.2. The minimum absolute atomic E-state index is 0. The second-order valence-corrected chi connectivity index (χ2v) is 8.01. The van der Waals surface area contributed by atoms with Crippen molar-refractivity contribution in [1.29, 1.82) is 0 Å². The fourth-order valence-corrected chi connectivity index (χ4v) is 4.10. The topological polar surface area (TPSA) is 47.6 Å². The monoisotopic (exact) mass is 484 g/mol. The smallest absolute Gasteiger partial charge is 0.220 e. The maximum atomic E-state index is 13.9. The van der Waals surface area contributed by atoms with Crippen molar-refractivity contribution in [2.45, 2.75) is 38.6 Å². The number of benzene rings is 1. The highest BCUT2D eigenvalue weighted by Gasteiger charge is 2.21. The summed E-state index contributed by atoms with van der Waals surface area (Å²) in [6.45, 7) is 7.90. The Morgan fingerprint density at radius 1 is 1.17 bits per heavy atom. The van der Waals surface area contributed by atoms with Crippen LogP contribution in [0.3, 0.4) is 0 Å². The lowest BCUT2D eigenvalue weighted by molar-refractivity contribution is -0.122. The molecule has 2 fully saturated rings. The first-order valence-electron chi connectivity index (χ1n) is 10.3. The van der Waals surface area contributed by atoms with Gasteiger partial charge in [-0.05, 0) is 70.4 Å². The molecule has 0 spiro atoms. The van der Waals surface area contributed by atoms with Crippen molar-refractivity contribution >= 4 is 48.8 Å². The number of hydrogen-bond donors (Lipinski definition) is 2. The van der Waals surface area contributed by atoms with Gasteiger partial charge in [-0.25, -0.2) is 4.39 Å². The molecule has 0 bridgehead atoms. The highest BCUT2D eigenvalue weighted by Crippen LogP contribution is 2.28. The number of likely N-dealkylation sites (N-methyl/N-ethyl adjacent to an activating group) is 1. The molecule has 1 amide bonds. The fourth-order valence-electron chi connectivity index (χ4n) is 4.10. The summed E-state index contributed by atoms with van der Waals surface area (Å²) < 4.78 is 13.9. The molecule has 2 aliphatic heterocycles. The highest BCUT2D eigenvalue weighted by atomic mass is 35.5. The molecular formula is C21H36Cl3FN4O. The summed E-state index contributed by atoms with van der Waals surface area (Å²) >= 11 is 0. The van der Waals surface area contributed by atoms with E-state index in [4.69, 9.17) is 0 Å². The largest absolute Gasteiger partial charge is 0.369 e. The van der Waals surface area contributed by atoms with Gasteiger partial charge in [0, 0.05) is 43.9 Å². The number of carbonyl (C=O) groups excluding carboxylic acids is 1. The molecule has 5 nitrogen and oxygen atoms in total. The first-order valence-corrected chi connectivity index (χ1v) is 10.3. The molecule has 2 heterocycles. The van der Waals surface area contributed by atoms with Gasteiger partial charge in [0.05, 0.1) is 6.04 Å². The number of nitrogens with one attached hydrogen (secondary N) is 2. The van der Waals surface area contributed by atoms with Crippen molar-refractivity contribution < 1.29 is 9.18 Å². The van der Waals surface area contributed by atoms with Gasteiger partial charge in [-0.2, -0.15) is 0 Å². The first kappa shape index (κ1) is 29.2. The van der Waals surface area contributed by atoms with E-state index < -0.39 is 0 Å². The molecule has 30 heavy (non-hydrogen) atoms. The van der Waals surface area contributed by atoms with Crippen molar-refractivity contribution in [2.24, 2.45) is 5.92 Å². The summed E-state index contributed by atoms with van der Waals surface area (Å²) in [4.78, 5) is 17.0. The SMILES string of the molecule is CC(NC(=O)CCC1CCNCC1)c1cc(F)ccc1N1CCN(C)CC1.Cl.Cl.Cl. The molecule has 0 radical (unpaired) electrons. The van der Waals surface area contributed by atoms with E-state index in [0.29, 0.717) is 12.3 Å². The molecule has 2 saturated heterocycles. The Balaban J connectivity index is 0.00000280. The van der Waals surface area contributed by atoms with Gasteiger partial charge < -0.3 is 20.4 Å². The van der Waals surface area contributed by atoms with Crippen LogP contribution in [0.4, 0.5) is 10.1 Å². The molecule has 2 aliphatic rings. The normalized spacial score (nSPS) is 18.4. The minimum atomic E-state index is -0.251. The predicted octanol–water partition coefficient (Wildman–Crippen LogP) is 3.80. The van der Waals surface area contributed by atoms with E-state index in [1.807, 2.05) is 13.0 Å². The van der Waals surface area contributed by atoms with Crippen molar-refractivity contribution in [2.75, 3.05) is 51.2 Å². The number of nitrogens with zero attached hydrogens (tertiary/aromatic N) is 2. The molecule has 3 rings (SSSR count). The molecule has 174 valence electrons. The van der Waals surface area contributed by atoms with E-state index in [-0.39, 0.29) is 55.0 Å². The number of carbonyl (C=O) groups is 1. The number of anilines is 1. The number of piperidine rings is 1. The molecule has 1 unspecified atom stereocenters. The summed E-state index contributed by atoms with van der Waals surface area (Å²) in [5, 5.41) is 6.45. The predicted molar refractivity (Wildman–Crippen MR) is 129 cm³/mol. The number of hydrogen-bond acceptors (Lipinski definition) is 4. The number of rotatable bonds is 6.